The number of nitrogens with zero attached hydrogens (tertiary/aromatic N) is 1. The minimum absolute atomic E-state index is 0.284. The fraction of sp³-hybridized carbons (Fsp3) is 0.263. The second-order valence-corrected chi connectivity index (χ2v) is 5.97. The van der Waals surface area contributed by atoms with Gasteiger partial charge in [-0.3, -0.25) is 4.79 Å². The fourth-order valence-corrected chi connectivity index (χ4v) is 2.30. The molecule has 1 atom stereocenters. The molecule has 0 fully saturated rings. The molecule has 0 aromatic heterocycles. The van der Waals surface area contributed by atoms with Crippen LogP contribution in [-0.4, -0.2) is 31.6 Å². The van der Waals surface area contributed by atoms with Gasteiger partial charge in [0.05, 0.1) is 0 Å². The van der Waals surface area contributed by atoms with Gasteiger partial charge in [0.25, 0.3) is 5.91 Å². The summed E-state index contributed by atoms with van der Waals surface area (Å²) < 4.78 is 10.5. The first-order valence-electron chi connectivity index (χ1n) is 7.79. The lowest BCUT2D eigenvalue weighted by Crippen LogP contribution is -2.38. The number of amides is 1. The van der Waals surface area contributed by atoms with Crippen molar-refractivity contribution < 1.29 is 19.1 Å². The van der Waals surface area contributed by atoms with Crippen molar-refractivity contribution in [2.75, 3.05) is 18.6 Å². The lowest BCUT2D eigenvalue weighted by atomic mass is 10.2. The molecule has 0 N–H and O–H groups in total. The summed E-state index contributed by atoms with van der Waals surface area (Å²) in [6.45, 7) is 3.09. The summed E-state index contributed by atoms with van der Waals surface area (Å²) in [5.41, 5.74) is 1.57. The van der Waals surface area contributed by atoms with Crippen molar-refractivity contribution in [1.29, 1.82) is 0 Å². The molecular formula is C19H20ClNO4. The molecule has 2 aromatic carbocycles. The van der Waals surface area contributed by atoms with Crippen molar-refractivity contribution in [2.24, 2.45) is 0 Å². The number of ether oxygens (including phenoxy) is 2. The Morgan fingerprint density at radius 2 is 1.84 bits per heavy atom. The van der Waals surface area contributed by atoms with Crippen molar-refractivity contribution in [1.82, 2.24) is 0 Å². The Labute approximate surface area is 152 Å². The fourth-order valence-electron chi connectivity index (χ4n) is 2.18. The molecule has 5 nitrogen and oxygen atoms in total. The average molecular weight is 362 g/mol. The number of rotatable bonds is 6. The number of likely N-dealkylation sites (N-methyl/N-ethyl adjacent to an activating group) is 1. The van der Waals surface area contributed by atoms with E-state index in [4.69, 9.17) is 21.1 Å². The largest absolute Gasteiger partial charge is 0.482 e. The van der Waals surface area contributed by atoms with E-state index in [2.05, 4.69) is 0 Å². The zero-order valence-corrected chi connectivity index (χ0v) is 15.1. The first-order chi connectivity index (χ1) is 11.9. The van der Waals surface area contributed by atoms with Crippen molar-refractivity contribution >= 4 is 29.2 Å². The normalized spacial score (nSPS) is 11.5. The van der Waals surface area contributed by atoms with Gasteiger partial charge in [-0.1, -0.05) is 29.8 Å². The Balaban J connectivity index is 1.86. The van der Waals surface area contributed by atoms with Crippen LogP contribution in [0, 0.1) is 6.92 Å². The zero-order chi connectivity index (χ0) is 18.4. The summed E-state index contributed by atoms with van der Waals surface area (Å²) in [7, 11) is 1.63. The molecule has 25 heavy (non-hydrogen) atoms. The molecule has 0 heterocycles. The Morgan fingerprint density at radius 3 is 2.48 bits per heavy atom. The number of anilines is 1. The van der Waals surface area contributed by atoms with Gasteiger partial charge in [-0.2, -0.15) is 0 Å². The number of carbonyl (C=O) groups excluding carboxylic acids is 2. The van der Waals surface area contributed by atoms with E-state index in [0.717, 1.165) is 11.3 Å². The molecule has 1 amide bonds. The van der Waals surface area contributed by atoms with Crippen molar-refractivity contribution in [3.05, 3.63) is 59.1 Å². The van der Waals surface area contributed by atoms with Gasteiger partial charge in [0.15, 0.2) is 12.7 Å². The monoisotopic (exact) mass is 361 g/mol. The van der Waals surface area contributed by atoms with E-state index in [1.165, 1.54) is 11.8 Å². The molecule has 0 bridgehead atoms. The van der Waals surface area contributed by atoms with Gasteiger partial charge < -0.3 is 14.4 Å². The highest BCUT2D eigenvalue weighted by molar-refractivity contribution is 6.31. The van der Waals surface area contributed by atoms with Crippen molar-refractivity contribution in [2.45, 2.75) is 20.0 Å². The molecule has 1 unspecified atom stereocenters. The van der Waals surface area contributed by atoms with Gasteiger partial charge in [-0.15, -0.1) is 0 Å². The number of benzene rings is 2. The minimum Gasteiger partial charge on any atom is -0.482 e. The highest BCUT2D eigenvalue weighted by Gasteiger charge is 2.22. The predicted molar refractivity (Wildman–Crippen MR) is 97.1 cm³/mol. The van der Waals surface area contributed by atoms with Crippen LogP contribution in [0.2, 0.25) is 5.02 Å². The van der Waals surface area contributed by atoms with E-state index in [1.54, 1.807) is 37.4 Å². The van der Waals surface area contributed by atoms with E-state index in [1.807, 2.05) is 25.1 Å². The SMILES string of the molecule is Cc1cc(OCC(=O)OC(C)C(=O)N(C)c2ccccc2)ccc1Cl. The topological polar surface area (TPSA) is 55.8 Å². The van der Waals surface area contributed by atoms with Crippen LogP contribution in [-0.2, 0) is 14.3 Å². The first-order valence-corrected chi connectivity index (χ1v) is 8.17. The molecule has 0 radical (unpaired) electrons. The molecule has 0 aliphatic carbocycles. The third-order valence-corrected chi connectivity index (χ3v) is 4.04. The smallest absolute Gasteiger partial charge is 0.344 e. The minimum atomic E-state index is -0.909. The Morgan fingerprint density at radius 1 is 1.16 bits per heavy atom. The standard InChI is InChI=1S/C19H20ClNO4/c1-13-11-16(9-10-17(13)20)24-12-18(22)25-14(2)19(23)21(3)15-7-5-4-6-8-15/h4-11,14H,12H2,1-3H3. The Kier molecular flexibility index (Phi) is 6.42. The van der Waals surface area contributed by atoms with Gasteiger partial charge in [0, 0.05) is 17.8 Å². The van der Waals surface area contributed by atoms with Crippen LogP contribution in [0.25, 0.3) is 0 Å². The quantitative estimate of drug-likeness (QED) is 0.737. The Hall–Kier alpha value is -2.53. The van der Waals surface area contributed by atoms with Crippen LogP contribution in [0.15, 0.2) is 48.5 Å². The number of aryl methyl sites for hydroxylation is 1. The number of carbonyl (C=O) groups is 2. The third-order valence-electron chi connectivity index (χ3n) is 3.62. The zero-order valence-electron chi connectivity index (χ0n) is 14.4. The molecule has 132 valence electrons. The predicted octanol–water partition coefficient (Wildman–Crippen LogP) is 3.62. The number of hydrogen-bond acceptors (Lipinski definition) is 4. The number of hydrogen-bond donors (Lipinski definition) is 0. The molecular weight excluding hydrogens is 342 g/mol. The highest BCUT2D eigenvalue weighted by Crippen LogP contribution is 2.21. The van der Waals surface area contributed by atoms with E-state index in [0.29, 0.717) is 10.8 Å². The van der Waals surface area contributed by atoms with E-state index in [-0.39, 0.29) is 12.5 Å². The average Bonchev–Trinajstić information content (AvgIpc) is 2.62. The molecule has 0 saturated heterocycles. The van der Waals surface area contributed by atoms with Crippen LogP contribution in [0.3, 0.4) is 0 Å². The van der Waals surface area contributed by atoms with E-state index < -0.39 is 12.1 Å². The summed E-state index contributed by atoms with van der Waals surface area (Å²) in [6, 6.07) is 14.2. The van der Waals surface area contributed by atoms with Gasteiger partial charge in [-0.05, 0) is 49.7 Å². The summed E-state index contributed by atoms with van der Waals surface area (Å²) in [6.07, 6.45) is -0.909. The molecule has 6 heteroatoms. The van der Waals surface area contributed by atoms with Gasteiger partial charge >= 0.3 is 5.97 Å². The second-order valence-electron chi connectivity index (χ2n) is 5.56. The number of esters is 1. The van der Waals surface area contributed by atoms with Crippen LogP contribution in [0.1, 0.15) is 12.5 Å². The highest BCUT2D eigenvalue weighted by atomic mass is 35.5. The summed E-state index contributed by atoms with van der Waals surface area (Å²) in [4.78, 5) is 25.7. The molecule has 2 aromatic rings. The third kappa shape index (κ3) is 5.22. The van der Waals surface area contributed by atoms with Crippen LogP contribution in [0.4, 0.5) is 5.69 Å². The summed E-state index contributed by atoms with van der Waals surface area (Å²) in [5, 5.41) is 0.623. The lowest BCUT2D eigenvalue weighted by Gasteiger charge is -2.21. The van der Waals surface area contributed by atoms with Crippen LogP contribution >= 0.6 is 11.6 Å². The summed E-state index contributed by atoms with van der Waals surface area (Å²) >= 11 is 5.94. The molecule has 2 rings (SSSR count). The maximum atomic E-state index is 12.3. The molecule has 0 spiro atoms. The first kappa shape index (κ1) is 18.8. The molecule has 0 aliphatic heterocycles. The summed E-state index contributed by atoms with van der Waals surface area (Å²) in [5.74, 6) is -0.420. The van der Waals surface area contributed by atoms with Crippen molar-refractivity contribution in [3.8, 4) is 5.75 Å². The molecule has 0 saturated carbocycles. The maximum absolute atomic E-state index is 12.3. The van der Waals surface area contributed by atoms with Gasteiger partial charge in [0.2, 0.25) is 0 Å². The lowest BCUT2D eigenvalue weighted by molar-refractivity contribution is -0.155. The van der Waals surface area contributed by atoms with Crippen LogP contribution in [0.5, 0.6) is 5.75 Å². The number of para-hydroxylation sites is 1. The van der Waals surface area contributed by atoms with Crippen molar-refractivity contribution in [3.63, 3.8) is 0 Å². The van der Waals surface area contributed by atoms with E-state index in [9.17, 15) is 9.59 Å². The van der Waals surface area contributed by atoms with Crippen LogP contribution < -0.4 is 9.64 Å². The van der Waals surface area contributed by atoms with Gasteiger partial charge in [-0.25, -0.2) is 4.79 Å². The molecule has 0 aliphatic rings. The van der Waals surface area contributed by atoms with Gasteiger partial charge in [0.1, 0.15) is 5.75 Å². The number of halogens is 1. The Bertz CT molecular complexity index is 748. The second kappa shape index (κ2) is 8.53. The maximum Gasteiger partial charge on any atom is 0.344 e. The van der Waals surface area contributed by atoms with E-state index >= 15 is 0 Å².